The maximum absolute atomic E-state index is 5.88. The van der Waals surface area contributed by atoms with Crippen LogP contribution in [0.25, 0.3) is 10.7 Å². The van der Waals surface area contributed by atoms with E-state index in [1.807, 2.05) is 26.0 Å². The van der Waals surface area contributed by atoms with Crippen molar-refractivity contribution in [3.63, 3.8) is 0 Å². The zero-order valence-corrected chi connectivity index (χ0v) is 10.5. The summed E-state index contributed by atoms with van der Waals surface area (Å²) in [5, 5.41) is 0. The number of hydrogen-bond acceptors (Lipinski definition) is 5. The first kappa shape index (κ1) is 11.3. The molecule has 0 bridgehead atoms. The van der Waals surface area contributed by atoms with Crippen LogP contribution in [0.2, 0.25) is 4.34 Å². The third-order valence-electron chi connectivity index (χ3n) is 2.32. The molecule has 2 rings (SSSR count). The molecule has 0 aliphatic carbocycles. The summed E-state index contributed by atoms with van der Waals surface area (Å²) < 4.78 is 0.721. The summed E-state index contributed by atoms with van der Waals surface area (Å²) in [5.74, 6) is 6.70. The number of halogens is 1. The second-order valence-corrected chi connectivity index (χ2v) is 5.07. The van der Waals surface area contributed by atoms with Gasteiger partial charge in [-0.3, -0.25) is 0 Å². The molecule has 0 spiro atoms. The van der Waals surface area contributed by atoms with Crippen molar-refractivity contribution in [3.8, 4) is 10.7 Å². The van der Waals surface area contributed by atoms with E-state index in [2.05, 4.69) is 15.4 Å². The minimum absolute atomic E-state index is 0.645. The van der Waals surface area contributed by atoms with Crippen molar-refractivity contribution >= 4 is 28.8 Å². The molecule has 0 aromatic carbocycles. The summed E-state index contributed by atoms with van der Waals surface area (Å²) in [6, 6.07) is 3.73. The van der Waals surface area contributed by atoms with E-state index in [9.17, 15) is 0 Å². The molecule has 0 aliphatic heterocycles. The number of aromatic nitrogens is 2. The molecule has 0 saturated carbocycles. The number of nitrogen functional groups attached to an aromatic ring is 1. The highest BCUT2D eigenvalue weighted by atomic mass is 35.5. The van der Waals surface area contributed by atoms with Gasteiger partial charge in [-0.2, -0.15) is 0 Å². The minimum atomic E-state index is 0.645. The van der Waals surface area contributed by atoms with Crippen molar-refractivity contribution in [1.82, 2.24) is 9.97 Å². The molecular weight excluding hydrogens is 244 g/mol. The van der Waals surface area contributed by atoms with Crippen molar-refractivity contribution in [3.05, 3.63) is 27.7 Å². The average Bonchev–Trinajstić information content (AvgIpc) is 2.69. The van der Waals surface area contributed by atoms with Crippen molar-refractivity contribution in [2.24, 2.45) is 5.84 Å². The quantitative estimate of drug-likeness (QED) is 0.639. The van der Waals surface area contributed by atoms with Crippen LogP contribution >= 0.6 is 22.9 Å². The fourth-order valence-corrected chi connectivity index (χ4v) is 2.29. The number of thiophene rings is 1. The molecule has 0 saturated heterocycles. The van der Waals surface area contributed by atoms with Crippen LogP contribution < -0.4 is 11.3 Å². The molecular formula is C10H11ClN4S. The van der Waals surface area contributed by atoms with Gasteiger partial charge < -0.3 is 5.43 Å². The van der Waals surface area contributed by atoms with Gasteiger partial charge in [-0.1, -0.05) is 11.6 Å². The first-order valence-electron chi connectivity index (χ1n) is 4.69. The molecule has 0 atom stereocenters. The Morgan fingerprint density at radius 2 is 2.06 bits per heavy atom. The maximum atomic E-state index is 5.88. The molecule has 3 N–H and O–H groups in total. The van der Waals surface area contributed by atoms with Gasteiger partial charge in [0.15, 0.2) is 5.82 Å². The number of rotatable bonds is 2. The summed E-state index contributed by atoms with van der Waals surface area (Å²) in [7, 11) is 0. The van der Waals surface area contributed by atoms with Gasteiger partial charge in [-0.15, -0.1) is 11.3 Å². The highest BCUT2D eigenvalue weighted by Crippen LogP contribution is 2.30. The highest BCUT2D eigenvalue weighted by molar-refractivity contribution is 7.19. The smallest absolute Gasteiger partial charge is 0.171 e. The lowest BCUT2D eigenvalue weighted by Gasteiger charge is -2.08. The van der Waals surface area contributed by atoms with Crippen LogP contribution in [-0.2, 0) is 0 Å². The number of hydrogen-bond donors (Lipinski definition) is 2. The molecule has 0 radical (unpaired) electrons. The summed E-state index contributed by atoms with van der Waals surface area (Å²) in [4.78, 5) is 9.68. The fraction of sp³-hybridized carbons (Fsp3) is 0.200. The number of nitrogens with one attached hydrogen (secondary N) is 1. The van der Waals surface area contributed by atoms with Gasteiger partial charge in [0, 0.05) is 11.3 Å². The summed E-state index contributed by atoms with van der Waals surface area (Å²) in [5.41, 5.74) is 4.43. The van der Waals surface area contributed by atoms with Crippen molar-refractivity contribution < 1.29 is 0 Å². The number of nitrogens with two attached hydrogens (primary N) is 1. The second-order valence-electron chi connectivity index (χ2n) is 3.35. The van der Waals surface area contributed by atoms with Crippen LogP contribution in [0.15, 0.2) is 12.1 Å². The van der Waals surface area contributed by atoms with E-state index in [1.54, 1.807) is 0 Å². The Labute approximate surface area is 102 Å². The Bertz CT molecular complexity index is 524. The molecule has 0 unspecified atom stereocenters. The monoisotopic (exact) mass is 254 g/mol. The topological polar surface area (TPSA) is 63.8 Å². The van der Waals surface area contributed by atoms with Crippen LogP contribution in [0.4, 0.5) is 5.82 Å². The SMILES string of the molecule is Cc1nc(-c2ccc(Cl)s2)nc(NN)c1C. The van der Waals surface area contributed by atoms with Gasteiger partial charge in [0.2, 0.25) is 0 Å². The highest BCUT2D eigenvalue weighted by Gasteiger charge is 2.10. The fourth-order valence-electron chi connectivity index (χ4n) is 1.31. The number of anilines is 1. The van der Waals surface area contributed by atoms with E-state index >= 15 is 0 Å². The van der Waals surface area contributed by atoms with Crippen molar-refractivity contribution in [2.45, 2.75) is 13.8 Å². The van der Waals surface area contributed by atoms with Gasteiger partial charge in [0.1, 0.15) is 5.82 Å². The van der Waals surface area contributed by atoms with Gasteiger partial charge in [-0.05, 0) is 26.0 Å². The summed E-state index contributed by atoms with van der Waals surface area (Å²) in [6.45, 7) is 3.85. The van der Waals surface area contributed by atoms with E-state index < -0.39 is 0 Å². The van der Waals surface area contributed by atoms with Gasteiger partial charge in [0.05, 0.1) is 9.21 Å². The number of aryl methyl sites for hydroxylation is 1. The lowest BCUT2D eigenvalue weighted by atomic mass is 10.2. The molecule has 84 valence electrons. The van der Waals surface area contributed by atoms with Crippen LogP contribution in [0, 0.1) is 13.8 Å². The number of nitrogens with zero attached hydrogens (tertiary/aromatic N) is 2. The predicted molar refractivity (Wildman–Crippen MR) is 67.6 cm³/mol. The minimum Gasteiger partial charge on any atom is -0.308 e. The molecule has 6 heteroatoms. The summed E-state index contributed by atoms with van der Waals surface area (Å²) >= 11 is 7.32. The van der Waals surface area contributed by atoms with Gasteiger partial charge >= 0.3 is 0 Å². The Kier molecular flexibility index (Phi) is 3.09. The standard InChI is InChI=1S/C10H11ClN4S/c1-5-6(2)13-10(14-9(5)15-12)7-3-4-8(11)16-7/h3-4H,12H2,1-2H3,(H,13,14,15). The van der Waals surface area contributed by atoms with E-state index in [-0.39, 0.29) is 0 Å². The van der Waals surface area contributed by atoms with E-state index in [0.29, 0.717) is 11.6 Å². The van der Waals surface area contributed by atoms with E-state index in [4.69, 9.17) is 17.4 Å². The van der Waals surface area contributed by atoms with E-state index in [0.717, 1.165) is 20.5 Å². The molecule has 16 heavy (non-hydrogen) atoms. The van der Waals surface area contributed by atoms with Crippen molar-refractivity contribution in [1.29, 1.82) is 0 Å². The zero-order valence-electron chi connectivity index (χ0n) is 8.91. The first-order valence-corrected chi connectivity index (χ1v) is 5.89. The summed E-state index contributed by atoms with van der Waals surface area (Å²) in [6.07, 6.45) is 0. The lowest BCUT2D eigenvalue weighted by Crippen LogP contribution is -2.12. The second kappa shape index (κ2) is 4.37. The molecule has 0 amide bonds. The van der Waals surface area contributed by atoms with Gasteiger partial charge in [-0.25, -0.2) is 15.8 Å². The molecule has 4 nitrogen and oxygen atoms in total. The van der Waals surface area contributed by atoms with Gasteiger partial charge in [0.25, 0.3) is 0 Å². The van der Waals surface area contributed by atoms with Crippen LogP contribution in [0.5, 0.6) is 0 Å². The first-order chi connectivity index (χ1) is 7.61. The molecule has 0 fully saturated rings. The number of hydrazine groups is 1. The predicted octanol–water partition coefficient (Wildman–Crippen LogP) is 2.76. The van der Waals surface area contributed by atoms with Crippen molar-refractivity contribution in [2.75, 3.05) is 5.43 Å². The Morgan fingerprint density at radius 1 is 1.31 bits per heavy atom. The third kappa shape index (κ3) is 2.02. The Balaban J connectivity index is 2.54. The van der Waals surface area contributed by atoms with E-state index in [1.165, 1.54) is 11.3 Å². The largest absolute Gasteiger partial charge is 0.308 e. The maximum Gasteiger partial charge on any atom is 0.171 e. The third-order valence-corrected chi connectivity index (χ3v) is 3.55. The molecule has 0 aliphatic rings. The van der Waals surface area contributed by atoms with Crippen LogP contribution in [0.3, 0.4) is 0 Å². The Hall–Kier alpha value is -1.17. The molecule has 2 aromatic rings. The molecule has 2 aromatic heterocycles. The molecule has 2 heterocycles. The normalized spacial score (nSPS) is 10.5. The van der Waals surface area contributed by atoms with Crippen LogP contribution in [0.1, 0.15) is 11.3 Å². The Morgan fingerprint density at radius 3 is 2.62 bits per heavy atom. The lowest BCUT2D eigenvalue weighted by molar-refractivity contribution is 1.06. The zero-order chi connectivity index (χ0) is 11.7. The van der Waals surface area contributed by atoms with Crippen LogP contribution in [-0.4, -0.2) is 9.97 Å². The average molecular weight is 255 g/mol.